The first-order valence-corrected chi connectivity index (χ1v) is 5.32. The Morgan fingerprint density at radius 3 is 3.00 bits per heavy atom. The van der Waals surface area contributed by atoms with Crippen molar-refractivity contribution in [3.8, 4) is 11.2 Å². The van der Waals surface area contributed by atoms with Crippen LogP contribution in [0.3, 0.4) is 0 Å². The van der Waals surface area contributed by atoms with Crippen LogP contribution in [-0.4, -0.2) is 15.0 Å². The zero-order valence-corrected chi connectivity index (χ0v) is 9.30. The number of nitrogens with zero attached hydrogens (tertiary/aromatic N) is 3. The molecule has 0 spiro atoms. The van der Waals surface area contributed by atoms with Gasteiger partial charge in [0, 0.05) is 19.2 Å². The fourth-order valence-electron chi connectivity index (χ4n) is 1.18. The minimum Gasteiger partial charge on any atom is -0.253 e. The van der Waals surface area contributed by atoms with Crippen LogP contribution < -0.4 is 0 Å². The van der Waals surface area contributed by atoms with Gasteiger partial charge in [0.25, 0.3) is 0 Å². The van der Waals surface area contributed by atoms with E-state index in [1.165, 1.54) is 0 Å². The molecule has 3 nitrogen and oxygen atoms in total. The van der Waals surface area contributed by atoms with Crippen LogP contribution in [0.2, 0.25) is 0 Å². The molecule has 0 aliphatic rings. The Hall–Kier alpha value is -0.950. The molecular formula is C10H15N3S. The van der Waals surface area contributed by atoms with Crippen LogP contribution in [0, 0.1) is 11.2 Å². The third-order valence-electron chi connectivity index (χ3n) is 1.97. The molecule has 0 aliphatic heterocycles. The van der Waals surface area contributed by atoms with E-state index >= 15 is 0 Å². The summed E-state index contributed by atoms with van der Waals surface area (Å²) in [6.45, 7) is 2.94. The van der Waals surface area contributed by atoms with Crippen molar-refractivity contribution in [1.82, 2.24) is 15.0 Å². The Bertz CT molecular complexity index is 322. The molecule has 76 valence electrons. The molecule has 0 aliphatic carbocycles. The summed E-state index contributed by atoms with van der Waals surface area (Å²) in [6.07, 6.45) is 6.14. The summed E-state index contributed by atoms with van der Waals surface area (Å²) in [5, 5.41) is 10.6. The molecule has 0 unspecified atom stereocenters. The van der Waals surface area contributed by atoms with Gasteiger partial charge >= 0.3 is 0 Å². The van der Waals surface area contributed by atoms with Gasteiger partial charge in [-0.25, -0.2) is 0 Å². The smallest absolute Gasteiger partial charge is 0.0827 e. The summed E-state index contributed by atoms with van der Waals surface area (Å²) in [5.74, 6) is 2.92. The average molecular weight is 209 g/mol. The Labute approximate surface area is 90.3 Å². The van der Waals surface area contributed by atoms with Crippen LogP contribution in [0.1, 0.15) is 31.9 Å². The zero-order chi connectivity index (χ0) is 10.2. The van der Waals surface area contributed by atoms with Crippen LogP contribution in [0.5, 0.6) is 0 Å². The third kappa shape index (κ3) is 3.84. The van der Waals surface area contributed by atoms with Gasteiger partial charge in [-0.1, -0.05) is 23.8 Å². The van der Waals surface area contributed by atoms with Gasteiger partial charge in [0.1, 0.15) is 0 Å². The highest BCUT2D eigenvalue weighted by Crippen LogP contribution is 2.02. The highest BCUT2D eigenvalue weighted by atomic mass is 32.1. The largest absolute Gasteiger partial charge is 0.253 e. The van der Waals surface area contributed by atoms with E-state index in [0.29, 0.717) is 0 Å². The van der Waals surface area contributed by atoms with E-state index < -0.39 is 0 Å². The highest BCUT2D eigenvalue weighted by Gasteiger charge is 1.98. The summed E-state index contributed by atoms with van der Waals surface area (Å²) in [4.78, 5) is 0. The molecule has 0 aromatic carbocycles. The SMILES string of the molecule is CCn1cc(CCCCC#CS)nn1. The molecule has 0 atom stereocenters. The summed E-state index contributed by atoms with van der Waals surface area (Å²) in [7, 11) is 0. The zero-order valence-electron chi connectivity index (χ0n) is 8.40. The normalized spacial score (nSPS) is 9.57. The minimum absolute atomic E-state index is 0.887. The van der Waals surface area contributed by atoms with E-state index in [0.717, 1.165) is 37.9 Å². The molecule has 0 bridgehead atoms. The summed E-state index contributed by atoms with van der Waals surface area (Å²) >= 11 is 3.82. The Morgan fingerprint density at radius 2 is 2.36 bits per heavy atom. The van der Waals surface area contributed by atoms with Gasteiger partial charge in [-0.3, -0.25) is 4.68 Å². The average Bonchev–Trinajstić information content (AvgIpc) is 2.65. The third-order valence-corrected chi connectivity index (χ3v) is 2.13. The molecule has 14 heavy (non-hydrogen) atoms. The van der Waals surface area contributed by atoms with Crippen molar-refractivity contribution in [2.45, 2.75) is 39.2 Å². The van der Waals surface area contributed by atoms with E-state index in [1.807, 2.05) is 10.9 Å². The van der Waals surface area contributed by atoms with Gasteiger partial charge in [0.15, 0.2) is 0 Å². The first-order chi connectivity index (χ1) is 6.86. The highest BCUT2D eigenvalue weighted by molar-refractivity contribution is 7.85. The minimum atomic E-state index is 0.887. The molecule has 1 rings (SSSR count). The lowest BCUT2D eigenvalue weighted by Gasteiger charge is -1.92. The van der Waals surface area contributed by atoms with Gasteiger partial charge in [-0.05, 0) is 31.4 Å². The van der Waals surface area contributed by atoms with Crippen molar-refractivity contribution >= 4 is 12.6 Å². The van der Waals surface area contributed by atoms with Crippen LogP contribution >= 0.6 is 12.6 Å². The predicted molar refractivity (Wildman–Crippen MR) is 60.0 cm³/mol. The number of aromatic nitrogens is 3. The van der Waals surface area contributed by atoms with Crippen LogP contribution in [0.25, 0.3) is 0 Å². The number of hydrogen-bond donors (Lipinski definition) is 1. The van der Waals surface area contributed by atoms with Crippen LogP contribution in [-0.2, 0) is 13.0 Å². The second-order valence-electron chi connectivity index (χ2n) is 3.06. The predicted octanol–water partition coefficient (Wildman–Crippen LogP) is 1.90. The number of aryl methyl sites for hydroxylation is 2. The number of rotatable bonds is 5. The lowest BCUT2D eigenvalue weighted by atomic mass is 10.2. The van der Waals surface area contributed by atoms with Gasteiger partial charge in [-0.2, -0.15) is 0 Å². The first kappa shape index (κ1) is 11.1. The Kier molecular flexibility index (Phi) is 5.16. The number of thiol groups is 1. The number of unbranched alkanes of at least 4 members (excludes halogenated alkanes) is 2. The summed E-state index contributed by atoms with van der Waals surface area (Å²) in [6, 6.07) is 0. The molecule has 0 saturated carbocycles. The van der Waals surface area contributed by atoms with Crippen molar-refractivity contribution in [2.75, 3.05) is 0 Å². The van der Waals surface area contributed by atoms with Gasteiger partial charge in [-0.15, -0.1) is 5.10 Å². The Balaban J connectivity index is 2.20. The van der Waals surface area contributed by atoms with E-state index in [9.17, 15) is 0 Å². The maximum absolute atomic E-state index is 4.07. The standard InChI is InChI=1S/C10H15N3S/c1-2-13-9-10(11-12-13)7-5-3-4-6-8-14/h9,14H,2-5,7H2,1H3. The van der Waals surface area contributed by atoms with Crippen LogP contribution in [0.15, 0.2) is 6.20 Å². The van der Waals surface area contributed by atoms with Crippen molar-refractivity contribution in [3.63, 3.8) is 0 Å². The van der Waals surface area contributed by atoms with Crippen molar-refractivity contribution in [3.05, 3.63) is 11.9 Å². The van der Waals surface area contributed by atoms with Gasteiger partial charge in [0.05, 0.1) is 5.69 Å². The molecule has 4 heteroatoms. The molecule has 1 heterocycles. The fourth-order valence-corrected chi connectivity index (χ4v) is 1.29. The molecular weight excluding hydrogens is 194 g/mol. The second-order valence-corrected chi connectivity index (χ2v) is 3.28. The maximum atomic E-state index is 4.07. The van der Waals surface area contributed by atoms with E-state index in [1.54, 1.807) is 0 Å². The van der Waals surface area contributed by atoms with Crippen molar-refractivity contribution in [2.24, 2.45) is 0 Å². The first-order valence-electron chi connectivity index (χ1n) is 4.87. The van der Waals surface area contributed by atoms with E-state index in [4.69, 9.17) is 0 Å². The number of hydrogen-bond acceptors (Lipinski definition) is 3. The van der Waals surface area contributed by atoms with Gasteiger partial charge < -0.3 is 0 Å². The van der Waals surface area contributed by atoms with Crippen LogP contribution in [0.4, 0.5) is 0 Å². The fraction of sp³-hybridized carbons (Fsp3) is 0.600. The van der Waals surface area contributed by atoms with E-state index in [2.05, 4.69) is 41.0 Å². The molecule has 0 radical (unpaired) electrons. The molecule has 0 saturated heterocycles. The monoisotopic (exact) mass is 209 g/mol. The summed E-state index contributed by atoms with van der Waals surface area (Å²) in [5.41, 5.74) is 1.07. The molecule has 1 aromatic heterocycles. The Morgan fingerprint density at radius 1 is 1.50 bits per heavy atom. The summed E-state index contributed by atoms with van der Waals surface area (Å²) < 4.78 is 1.85. The molecule has 1 aromatic rings. The lowest BCUT2D eigenvalue weighted by Crippen LogP contribution is -1.93. The second kappa shape index (κ2) is 6.50. The lowest BCUT2D eigenvalue weighted by molar-refractivity contribution is 0.626. The topological polar surface area (TPSA) is 30.7 Å². The quantitative estimate of drug-likeness (QED) is 0.456. The van der Waals surface area contributed by atoms with E-state index in [-0.39, 0.29) is 0 Å². The molecule has 0 N–H and O–H groups in total. The van der Waals surface area contributed by atoms with Crippen molar-refractivity contribution in [1.29, 1.82) is 0 Å². The maximum Gasteiger partial charge on any atom is 0.0827 e. The van der Waals surface area contributed by atoms with Gasteiger partial charge in [0.2, 0.25) is 0 Å². The molecule has 0 fully saturated rings. The molecule has 0 amide bonds. The van der Waals surface area contributed by atoms with Crippen molar-refractivity contribution < 1.29 is 0 Å².